The number of nitrogens with one attached hydrogen (secondary N) is 1. The lowest BCUT2D eigenvalue weighted by Crippen LogP contribution is -2.46. The van der Waals surface area contributed by atoms with Crippen LogP contribution in [0.3, 0.4) is 0 Å². The van der Waals surface area contributed by atoms with Crippen LogP contribution in [0, 0.1) is 5.92 Å². The average molecular weight is 358 g/mol. The zero-order chi connectivity index (χ0) is 18.5. The first-order valence-corrected chi connectivity index (χ1v) is 9.05. The van der Waals surface area contributed by atoms with Gasteiger partial charge in [-0.25, -0.2) is 4.98 Å². The maximum Gasteiger partial charge on any atom is 0.248 e. The Labute approximate surface area is 153 Å². The monoisotopic (exact) mass is 358 g/mol. The van der Waals surface area contributed by atoms with Gasteiger partial charge in [0.15, 0.2) is 0 Å². The SMILES string of the molecule is COCC(=O)N1CCC[C@@H](C(=O)NCCc2nc3ccccc3n2C)C1. The highest BCUT2D eigenvalue weighted by Gasteiger charge is 2.28. The van der Waals surface area contributed by atoms with E-state index in [4.69, 9.17) is 4.74 Å². The summed E-state index contributed by atoms with van der Waals surface area (Å²) in [6.07, 6.45) is 2.34. The number of aryl methyl sites for hydroxylation is 1. The Morgan fingerprint density at radius 1 is 1.35 bits per heavy atom. The van der Waals surface area contributed by atoms with Gasteiger partial charge in [-0.2, -0.15) is 0 Å². The van der Waals surface area contributed by atoms with E-state index < -0.39 is 0 Å². The van der Waals surface area contributed by atoms with Crippen LogP contribution in [0.5, 0.6) is 0 Å². The molecule has 1 saturated heterocycles. The van der Waals surface area contributed by atoms with Crippen molar-refractivity contribution in [2.45, 2.75) is 19.3 Å². The Hall–Kier alpha value is -2.41. The first-order valence-electron chi connectivity index (χ1n) is 9.05. The summed E-state index contributed by atoms with van der Waals surface area (Å²) < 4.78 is 6.96. The van der Waals surface area contributed by atoms with Gasteiger partial charge in [-0.3, -0.25) is 9.59 Å². The molecule has 0 aliphatic carbocycles. The average Bonchev–Trinajstić information content (AvgIpc) is 2.98. The standard InChI is InChI=1S/C19H26N4O3/c1-22-16-8-4-3-7-15(16)21-17(22)9-10-20-19(25)14-6-5-11-23(12-14)18(24)13-26-2/h3-4,7-8,14H,5-6,9-13H2,1-2H3,(H,20,25)/t14-/m1/s1. The zero-order valence-electron chi connectivity index (χ0n) is 15.4. The van der Waals surface area contributed by atoms with E-state index in [9.17, 15) is 9.59 Å². The van der Waals surface area contributed by atoms with E-state index in [1.165, 1.54) is 7.11 Å². The van der Waals surface area contributed by atoms with E-state index in [1.807, 2.05) is 31.3 Å². The van der Waals surface area contributed by atoms with Gasteiger partial charge in [-0.15, -0.1) is 0 Å². The van der Waals surface area contributed by atoms with Crippen molar-refractivity contribution in [1.82, 2.24) is 19.8 Å². The molecule has 3 rings (SSSR count). The summed E-state index contributed by atoms with van der Waals surface area (Å²) in [6, 6.07) is 8.00. The van der Waals surface area contributed by atoms with Crippen LogP contribution >= 0.6 is 0 Å². The molecule has 2 aromatic rings. The fourth-order valence-corrected chi connectivity index (χ4v) is 3.49. The number of fused-ring (bicyclic) bond motifs is 1. The topological polar surface area (TPSA) is 76.5 Å². The molecular formula is C19H26N4O3. The van der Waals surface area contributed by atoms with Gasteiger partial charge in [-0.1, -0.05) is 12.1 Å². The second-order valence-electron chi connectivity index (χ2n) is 6.73. The van der Waals surface area contributed by atoms with Crippen LogP contribution in [-0.2, 0) is 27.8 Å². The summed E-state index contributed by atoms with van der Waals surface area (Å²) in [5, 5.41) is 3.00. The second kappa shape index (κ2) is 8.31. The molecule has 7 nitrogen and oxygen atoms in total. The maximum atomic E-state index is 12.5. The van der Waals surface area contributed by atoms with Crippen molar-refractivity contribution >= 4 is 22.8 Å². The molecule has 2 amide bonds. The third-order valence-corrected chi connectivity index (χ3v) is 4.94. The predicted molar refractivity (Wildman–Crippen MR) is 98.6 cm³/mol. The number of imidazole rings is 1. The van der Waals surface area contributed by atoms with Crippen molar-refractivity contribution in [3.63, 3.8) is 0 Å². The van der Waals surface area contributed by atoms with Gasteiger partial charge in [0.1, 0.15) is 12.4 Å². The number of likely N-dealkylation sites (tertiary alicyclic amines) is 1. The first kappa shape index (κ1) is 18.4. The van der Waals surface area contributed by atoms with Crippen molar-refractivity contribution in [2.75, 3.05) is 33.4 Å². The minimum absolute atomic E-state index is 0.0127. The van der Waals surface area contributed by atoms with E-state index in [0.717, 1.165) is 29.7 Å². The maximum absolute atomic E-state index is 12.5. The zero-order valence-corrected chi connectivity index (χ0v) is 15.4. The molecule has 1 N–H and O–H groups in total. The van der Waals surface area contributed by atoms with Crippen LogP contribution in [0.15, 0.2) is 24.3 Å². The van der Waals surface area contributed by atoms with E-state index in [1.54, 1.807) is 4.90 Å². The molecule has 0 radical (unpaired) electrons. The van der Waals surface area contributed by atoms with Crippen LogP contribution in [0.25, 0.3) is 11.0 Å². The number of nitrogens with zero attached hydrogens (tertiary/aromatic N) is 3. The second-order valence-corrected chi connectivity index (χ2v) is 6.73. The summed E-state index contributed by atoms with van der Waals surface area (Å²) in [5.74, 6) is 0.764. The smallest absolute Gasteiger partial charge is 0.248 e. The molecule has 7 heteroatoms. The predicted octanol–water partition coefficient (Wildman–Crippen LogP) is 1.12. The molecule has 26 heavy (non-hydrogen) atoms. The van der Waals surface area contributed by atoms with Crippen molar-refractivity contribution in [1.29, 1.82) is 0 Å². The lowest BCUT2D eigenvalue weighted by Gasteiger charge is -2.31. The first-order chi connectivity index (χ1) is 12.6. The summed E-state index contributed by atoms with van der Waals surface area (Å²) >= 11 is 0. The van der Waals surface area contributed by atoms with Crippen LogP contribution in [0.2, 0.25) is 0 Å². The number of carbonyl (C=O) groups is 2. The molecule has 1 aromatic heterocycles. The number of benzene rings is 1. The third kappa shape index (κ3) is 4.04. The summed E-state index contributed by atoms with van der Waals surface area (Å²) in [7, 11) is 3.50. The Bertz CT molecular complexity index is 786. The minimum atomic E-state index is -0.148. The molecule has 140 valence electrons. The quantitative estimate of drug-likeness (QED) is 0.839. The molecule has 1 atom stereocenters. The van der Waals surface area contributed by atoms with Gasteiger partial charge in [0.25, 0.3) is 0 Å². The van der Waals surface area contributed by atoms with Crippen molar-refractivity contribution in [3.8, 4) is 0 Å². The third-order valence-electron chi connectivity index (χ3n) is 4.94. The largest absolute Gasteiger partial charge is 0.375 e. The van der Waals surface area contributed by atoms with Crippen molar-refractivity contribution < 1.29 is 14.3 Å². The molecule has 2 heterocycles. The van der Waals surface area contributed by atoms with Gasteiger partial charge in [0, 0.05) is 40.2 Å². The number of para-hydroxylation sites is 2. The number of amides is 2. The van der Waals surface area contributed by atoms with Gasteiger partial charge in [-0.05, 0) is 25.0 Å². The molecule has 1 aliphatic rings. The number of piperidine rings is 1. The van der Waals surface area contributed by atoms with Crippen LogP contribution < -0.4 is 5.32 Å². The Kier molecular flexibility index (Phi) is 5.88. The van der Waals surface area contributed by atoms with Crippen molar-refractivity contribution in [3.05, 3.63) is 30.1 Å². The molecular weight excluding hydrogens is 332 g/mol. The minimum Gasteiger partial charge on any atom is -0.375 e. The molecule has 1 fully saturated rings. The number of ether oxygens (including phenoxy) is 1. The summed E-state index contributed by atoms with van der Waals surface area (Å²) in [4.78, 5) is 30.8. The number of hydrogen-bond acceptors (Lipinski definition) is 4. The Balaban J connectivity index is 1.52. The fraction of sp³-hybridized carbons (Fsp3) is 0.526. The molecule has 1 aromatic carbocycles. The highest BCUT2D eigenvalue weighted by atomic mass is 16.5. The molecule has 0 bridgehead atoms. The number of rotatable bonds is 6. The van der Waals surface area contributed by atoms with E-state index in [0.29, 0.717) is 26.1 Å². The van der Waals surface area contributed by atoms with Gasteiger partial charge >= 0.3 is 0 Å². The Morgan fingerprint density at radius 3 is 2.92 bits per heavy atom. The van der Waals surface area contributed by atoms with Gasteiger partial charge in [0.05, 0.1) is 17.0 Å². The lowest BCUT2D eigenvalue weighted by atomic mass is 9.97. The lowest BCUT2D eigenvalue weighted by molar-refractivity contribution is -0.138. The van der Waals surface area contributed by atoms with E-state index in [-0.39, 0.29) is 24.3 Å². The fourth-order valence-electron chi connectivity index (χ4n) is 3.49. The van der Waals surface area contributed by atoms with Crippen LogP contribution in [-0.4, -0.2) is 59.6 Å². The molecule has 0 spiro atoms. The number of methoxy groups -OCH3 is 1. The number of hydrogen-bond donors (Lipinski definition) is 1. The summed E-state index contributed by atoms with van der Waals surface area (Å²) in [5.41, 5.74) is 2.06. The van der Waals surface area contributed by atoms with Crippen molar-refractivity contribution in [2.24, 2.45) is 13.0 Å². The number of aromatic nitrogens is 2. The molecule has 0 unspecified atom stereocenters. The summed E-state index contributed by atoms with van der Waals surface area (Å²) in [6.45, 7) is 1.78. The number of carbonyl (C=O) groups excluding carboxylic acids is 2. The normalized spacial score (nSPS) is 17.5. The van der Waals surface area contributed by atoms with E-state index >= 15 is 0 Å². The molecule has 1 aliphatic heterocycles. The highest BCUT2D eigenvalue weighted by molar-refractivity contribution is 5.82. The molecule has 0 saturated carbocycles. The van der Waals surface area contributed by atoms with Crippen LogP contribution in [0.4, 0.5) is 0 Å². The Morgan fingerprint density at radius 2 is 2.15 bits per heavy atom. The highest BCUT2D eigenvalue weighted by Crippen LogP contribution is 2.17. The van der Waals surface area contributed by atoms with Crippen LogP contribution in [0.1, 0.15) is 18.7 Å². The van der Waals surface area contributed by atoms with Gasteiger partial charge in [0.2, 0.25) is 11.8 Å². The van der Waals surface area contributed by atoms with E-state index in [2.05, 4.69) is 14.9 Å². The van der Waals surface area contributed by atoms with Gasteiger partial charge < -0.3 is 19.5 Å².